The number of fused-ring (bicyclic) bond motifs is 1. The Kier molecular flexibility index (Phi) is 9.19. The van der Waals surface area contributed by atoms with E-state index in [9.17, 15) is 14.4 Å². The zero-order chi connectivity index (χ0) is 31.2. The number of ether oxygens (including phenoxy) is 1. The highest BCUT2D eigenvalue weighted by molar-refractivity contribution is 8.00. The third-order valence-corrected chi connectivity index (χ3v) is 7.88. The number of hydrogen-bond donors (Lipinski definition) is 1. The van der Waals surface area contributed by atoms with Crippen molar-refractivity contribution in [3.05, 3.63) is 102 Å². The molecule has 5 rings (SSSR count). The second kappa shape index (κ2) is 13.4. The molecule has 1 N–H and O–H groups in total. The van der Waals surface area contributed by atoms with Gasteiger partial charge in [-0.1, -0.05) is 83.6 Å². The lowest BCUT2D eigenvalue weighted by atomic mass is 10.0. The molecular formula is C30H29N7O6S. The number of β-lactam (4-membered cyclic amide) rings is 1. The SMILES string of the molecule is C=CC1=C(C(=O)OC(c2ccccc2)c2ccccc2)N2C(=O)C(NC(=O)/C(=N\OC)c3noc(N=CN(C)C)n3)[C@H]2SC1. The number of carbonyl (C=O) groups excluding carboxylic acids is 3. The number of esters is 1. The Balaban J connectivity index is 1.35. The number of rotatable bonds is 11. The molecule has 2 aromatic carbocycles. The maximum Gasteiger partial charge on any atom is 0.356 e. The predicted molar refractivity (Wildman–Crippen MR) is 163 cm³/mol. The van der Waals surface area contributed by atoms with E-state index in [4.69, 9.17) is 14.1 Å². The number of benzene rings is 2. The number of hydrogen-bond acceptors (Lipinski definition) is 11. The smallest absolute Gasteiger partial charge is 0.356 e. The van der Waals surface area contributed by atoms with Crippen molar-refractivity contribution in [1.29, 1.82) is 0 Å². The summed E-state index contributed by atoms with van der Waals surface area (Å²) in [5, 5.41) is 9.56. The number of allylic oxidation sites excluding steroid dienone is 1. The van der Waals surface area contributed by atoms with Gasteiger partial charge in [-0.05, 0) is 16.7 Å². The Morgan fingerprint density at radius 2 is 1.82 bits per heavy atom. The molecule has 2 aliphatic heterocycles. The number of oxime groups is 1. The molecule has 226 valence electrons. The molecule has 3 heterocycles. The lowest BCUT2D eigenvalue weighted by Gasteiger charge is -2.49. The van der Waals surface area contributed by atoms with Gasteiger partial charge in [-0.3, -0.25) is 14.5 Å². The molecule has 14 heteroatoms. The topological polar surface area (TPSA) is 152 Å². The molecule has 1 unspecified atom stereocenters. The first-order valence-electron chi connectivity index (χ1n) is 13.4. The van der Waals surface area contributed by atoms with Crippen LogP contribution in [0.3, 0.4) is 0 Å². The molecule has 3 aromatic rings. The minimum Gasteiger partial charge on any atom is -0.448 e. The maximum absolute atomic E-state index is 13.8. The van der Waals surface area contributed by atoms with Crippen molar-refractivity contribution in [2.24, 2.45) is 10.1 Å². The van der Waals surface area contributed by atoms with Crippen LogP contribution in [0, 0.1) is 0 Å². The van der Waals surface area contributed by atoms with Gasteiger partial charge < -0.3 is 24.3 Å². The van der Waals surface area contributed by atoms with Gasteiger partial charge in [-0.15, -0.1) is 11.8 Å². The quantitative estimate of drug-likeness (QED) is 0.112. The van der Waals surface area contributed by atoms with E-state index < -0.39 is 35.3 Å². The average Bonchev–Trinajstić information content (AvgIpc) is 3.52. The Bertz CT molecular complexity index is 1600. The van der Waals surface area contributed by atoms with Crippen LogP contribution in [0.5, 0.6) is 0 Å². The number of nitrogens with zero attached hydrogens (tertiary/aromatic N) is 6. The van der Waals surface area contributed by atoms with Gasteiger partial charge in [0.05, 0.1) is 6.34 Å². The van der Waals surface area contributed by atoms with E-state index in [0.29, 0.717) is 11.3 Å². The molecule has 1 aromatic heterocycles. The molecule has 44 heavy (non-hydrogen) atoms. The van der Waals surface area contributed by atoms with Crippen LogP contribution in [0.1, 0.15) is 23.1 Å². The van der Waals surface area contributed by atoms with Crippen LogP contribution >= 0.6 is 11.8 Å². The van der Waals surface area contributed by atoms with Gasteiger partial charge in [0, 0.05) is 19.8 Å². The third-order valence-electron chi connectivity index (χ3n) is 6.58. The maximum atomic E-state index is 13.8. The monoisotopic (exact) mass is 615 g/mol. The molecule has 2 amide bonds. The van der Waals surface area contributed by atoms with E-state index in [1.54, 1.807) is 19.0 Å². The van der Waals surface area contributed by atoms with E-state index in [-0.39, 0.29) is 23.2 Å². The van der Waals surface area contributed by atoms with Gasteiger partial charge in [0.1, 0.15) is 24.2 Å². The number of thioether (sulfide) groups is 1. The van der Waals surface area contributed by atoms with Crippen molar-refractivity contribution >= 4 is 47.6 Å². The fourth-order valence-corrected chi connectivity index (χ4v) is 5.89. The van der Waals surface area contributed by atoms with E-state index in [1.165, 1.54) is 36.2 Å². The van der Waals surface area contributed by atoms with Crippen molar-refractivity contribution in [3.63, 3.8) is 0 Å². The fraction of sp³-hybridized carbons (Fsp3) is 0.233. The highest BCUT2D eigenvalue weighted by Gasteiger charge is 2.54. The second-order valence-electron chi connectivity index (χ2n) is 9.78. The van der Waals surface area contributed by atoms with Crippen molar-refractivity contribution in [1.82, 2.24) is 25.3 Å². The van der Waals surface area contributed by atoms with Crippen LogP contribution in [0.15, 0.2) is 99.3 Å². The Labute approximate surface area is 257 Å². The highest BCUT2D eigenvalue weighted by Crippen LogP contribution is 2.42. The molecule has 2 atom stereocenters. The molecule has 1 saturated heterocycles. The van der Waals surface area contributed by atoms with E-state index in [0.717, 1.165) is 11.1 Å². The van der Waals surface area contributed by atoms with Crippen LogP contribution in [0.2, 0.25) is 0 Å². The first-order valence-corrected chi connectivity index (χ1v) is 14.4. The average molecular weight is 616 g/mol. The minimum absolute atomic E-state index is 0.0865. The van der Waals surface area contributed by atoms with Gasteiger partial charge in [0.2, 0.25) is 11.5 Å². The molecule has 1 fully saturated rings. The van der Waals surface area contributed by atoms with Crippen molar-refractivity contribution < 1.29 is 28.5 Å². The van der Waals surface area contributed by atoms with Gasteiger partial charge in [-0.2, -0.15) is 9.98 Å². The molecule has 0 radical (unpaired) electrons. The largest absolute Gasteiger partial charge is 0.448 e. The summed E-state index contributed by atoms with van der Waals surface area (Å²) >= 11 is 1.38. The third kappa shape index (κ3) is 6.24. The summed E-state index contributed by atoms with van der Waals surface area (Å²) < 4.78 is 11.1. The number of nitrogens with one attached hydrogen (secondary N) is 1. The number of amides is 2. The lowest BCUT2D eigenvalue weighted by Crippen LogP contribution is -2.71. The standard InChI is InChI=1S/C30H29N7O6S/c1-5-18-16-44-28-22(32-26(38)21(34-41-4)25-33-30(43-35-25)31-17-36(2)3)27(39)37(28)23(18)29(40)42-24(19-12-8-6-9-13-19)20-14-10-7-11-15-20/h5-15,17,22,24,28H,1,16H2,2-4H3,(H,32,38)/b31-17?,34-21-/t22?,28-/m1/s1. The summed E-state index contributed by atoms with van der Waals surface area (Å²) in [7, 11) is 4.78. The summed E-state index contributed by atoms with van der Waals surface area (Å²) in [5.74, 6) is -1.77. The van der Waals surface area contributed by atoms with E-state index in [1.807, 2.05) is 60.7 Å². The van der Waals surface area contributed by atoms with Crippen molar-refractivity contribution in [2.45, 2.75) is 17.5 Å². The van der Waals surface area contributed by atoms with Gasteiger partial charge in [0.25, 0.3) is 11.8 Å². The zero-order valence-corrected chi connectivity index (χ0v) is 24.9. The summed E-state index contributed by atoms with van der Waals surface area (Å²) in [6.45, 7) is 3.84. The number of aliphatic imine (C=N–C) groups is 1. The lowest BCUT2D eigenvalue weighted by molar-refractivity contribution is -0.154. The number of aromatic nitrogens is 2. The fourth-order valence-electron chi connectivity index (χ4n) is 4.55. The summed E-state index contributed by atoms with van der Waals surface area (Å²) in [6, 6.07) is 17.6. The Morgan fingerprint density at radius 1 is 1.16 bits per heavy atom. The summed E-state index contributed by atoms with van der Waals surface area (Å²) in [5.41, 5.74) is 1.87. The van der Waals surface area contributed by atoms with Gasteiger partial charge in [-0.25, -0.2) is 4.79 Å². The second-order valence-corrected chi connectivity index (χ2v) is 10.9. The van der Waals surface area contributed by atoms with Crippen LogP contribution in [-0.2, 0) is 24.0 Å². The molecule has 0 saturated carbocycles. The molecule has 13 nitrogen and oxygen atoms in total. The molecule has 0 aliphatic carbocycles. The summed E-state index contributed by atoms with van der Waals surface area (Å²) in [4.78, 5) is 56.4. The van der Waals surface area contributed by atoms with Gasteiger partial charge in [0.15, 0.2) is 6.10 Å². The van der Waals surface area contributed by atoms with Crippen molar-refractivity contribution in [2.75, 3.05) is 27.0 Å². The first-order chi connectivity index (χ1) is 21.3. The van der Waals surface area contributed by atoms with E-state index in [2.05, 4.69) is 32.2 Å². The van der Waals surface area contributed by atoms with Crippen molar-refractivity contribution in [3.8, 4) is 0 Å². The van der Waals surface area contributed by atoms with Crippen LogP contribution in [0.25, 0.3) is 0 Å². The normalized spacial score (nSPS) is 18.1. The minimum atomic E-state index is -0.971. The molecule has 0 spiro atoms. The first kappa shape index (κ1) is 30.2. The Hall–Kier alpha value is -5.24. The van der Waals surface area contributed by atoms with Crippen LogP contribution < -0.4 is 5.32 Å². The summed E-state index contributed by atoms with van der Waals surface area (Å²) in [6.07, 6.45) is 2.27. The molecule has 2 aliphatic rings. The van der Waals surface area contributed by atoms with Crippen LogP contribution in [-0.4, -0.2) is 88.1 Å². The molecule has 0 bridgehead atoms. The van der Waals surface area contributed by atoms with E-state index >= 15 is 0 Å². The highest BCUT2D eigenvalue weighted by atomic mass is 32.2. The van der Waals surface area contributed by atoms with Gasteiger partial charge >= 0.3 is 12.0 Å². The number of carbonyl (C=O) groups is 3. The predicted octanol–water partition coefficient (Wildman–Crippen LogP) is 2.81. The Morgan fingerprint density at radius 3 is 2.41 bits per heavy atom. The molecular weight excluding hydrogens is 586 g/mol. The van der Waals surface area contributed by atoms with Crippen LogP contribution in [0.4, 0.5) is 6.01 Å². The zero-order valence-electron chi connectivity index (χ0n) is 24.1.